The highest BCUT2D eigenvalue weighted by atomic mass is 35.5. The first kappa shape index (κ1) is 6.77. The summed E-state index contributed by atoms with van der Waals surface area (Å²) in [6, 6.07) is 0. The van der Waals surface area contributed by atoms with Crippen LogP contribution < -0.4 is 0 Å². The lowest BCUT2D eigenvalue weighted by atomic mass is 10.3. The quantitative estimate of drug-likeness (QED) is 0.462. The molecule has 0 amide bonds. The SMILES string of the molecule is C/C=C(C)\C=C\Cl. The zero-order chi connectivity index (χ0) is 5.70. The molecular formula is C6H9Cl. The molecule has 0 unspecified atom stereocenters. The maximum Gasteiger partial charge on any atom is 0.00449 e. The largest absolute Gasteiger partial charge is 0.0929 e. The molecule has 0 radical (unpaired) electrons. The van der Waals surface area contributed by atoms with E-state index in [0.29, 0.717) is 0 Å². The zero-order valence-corrected chi connectivity index (χ0v) is 5.37. The van der Waals surface area contributed by atoms with Crippen LogP contribution in [-0.4, -0.2) is 0 Å². The second kappa shape index (κ2) is 3.94. The molecular weight excluding hydrogens is 108 g/mol. The molecule has 0 aromatic rings. The molecule has 0 bridgehead atoms. The normalized spacial score (nSPS) is 13.3. The summed E-state index contributed by atoms with van der Waals surface area (Å²) in [6.07, 6.45) is 3.85. The van der Waals surface area contributed by atoms with Crippen molar-refractivity contribution < 1.29 is 0 Å². The summed E-state index contributed by atoms with van der Waals surface area (Å²) in [6.45, 7) is 3.98. The standard InChI is InChI=1S/C6H9Cl/c1-3-6(2)4-5-7/h3-5H,1-2H3/b5-4+,6-3-. The van der Waals surface area contributed by atoms with Gasteiger partial charge in [0.15, 0.2) is 0 Å². The van der Waals surface area contributed by atoms with Gasteiger partial charge >= 0.3 is 0 Å². The molecule has 1 heteroatoms. The molecule has 0 aliphatic carbocycles. The molecule has 0 aliphatic heterocycles. The summed E-state index contributed by atoms with van der Waals surface area (Å²) >= 11 is 5.25. The van der Waals surface area contributed by atoms with E-state index in [2.05, 4.69) is 0 Å². The average molecular weight is 117 g/mol. The summed E-state index contributed by atoms with van der Waals surface area (Å²) < 4.78 is 0. The van der Waals surface area contributed by atoms with Gasteiger partial charge in [0.25, 0.3) is 0 Å². The smallest absolute Gasteiger partial charge is 0.00449 e. The number of hydrogen-bond acceptors (Lipinski definition) is 0. The first-order valence-electron chi connectivity index (χ1n) is 2.21. The van der Waals surface area contributed by atoms with Gasteiger partial charge in [0.1, 0.15) is 0 Å². The summed E-state index contributed by atoms with van der Waals surface area (Å²) in [5.74, 6) is 0. The average Bonchev–Trinajstić information content (AvgIpc) is 1.68. The second-order valence-electron chi connectivity index (χ2n) is 1.33. The van der Waals surface area contributed by atoms with Crippen molar-refractivity contribution in [1.29, 1.82) is 0 Å². The second-order valence-corrected chi connectivity index (χ2v) is 1.58. The van der Waals surface area contributed by atoms with Gasteiger partial charge in [0, 0.05) is 5.54 Å². The minimum Gasteiger partial charge on any atom is -0.0929 e. The van der Waals surface area contributed by atoms with Crippen LogP contribution in [0.3, 0.4) is 0 Å². The molecule has 0 aromatic carbocycles. The molecule has 40 valence electrons. The van der Waals surface area contributed by atoms with Crippen molar-refractivity contribution in [3.8, 4) is 0 Å². The van der Waals surface area contributed by atoms with E-state index < -0.39 is 0 Å². The van der Waals surface area contributed by atoms with Gasteiger partial charge in [-0.05, 0) is 19.9 Å². The number of allylic oxidation sites excluding steroid dienone is 3. The van der Waals surface area contributed by atoms with E-state index >= 15 is 0 Å². The van der Waals surface area contributed by atoms with Crippen LogP contribution in [-0.2, 0) is 0 Å². The lowest BCUT2D eigenvalue weighted by Crippen LogP contribution is -1.59. The third-order valence-corrected chi connectivity index (χ3v) is 0.907. The molecule has 0 aromatic heterocycles. The van der Waals surface area contributed by atoms with E-state index in [9.17, 15) is 0 Å². The lowest BCUT2D eigenvalue weighted by Gasteiger charge is -1.80. The molecule has 0 saturated heterocycles. The molecule has 7 heavy (non-hydrogen) atoms. The van der Waals surface area contributed by atoms with Crippen molar-refractivity contribution in [1.82, 2.24) is 0 Å². The van der Waals surface area contributed by atoms with Gasteiger partial charge in [-0.25, -0.2) is 0 Å². The van der Waals surface area contributed by atoms with Crippen LogP contribution in [0, 0.1) is 0 Å². The fraction of sp³-hybridized carbons (Fsp3) is 0.333. The fourth-order valence-corrected chi connectivity index (χ4v) is 0.394. The third-order valence-electron chi connectivity index (χ3n) is 0.781. The van der Waals surface area contributed by atoms with Gasteiger partial charge in [-0.3, -0.25) is 0 Å². The molecule has 0 saturated carbocycles. The van der Waals surface area contributed by atoms with E-state index in [0.717, 1.165) is 0 Å². The Bertz CT molecular complexity index is 90.4. The summed E-state index contributed by atoms with van der Waals surface area (Å²) in [4.78, 5) is 0. The Balaban J connectivity index is 3.58. The molecule has 0 aliphatic rings. The van der Waals surface area contributed by atoms with Crippen LogP contribution in [0.5, 0.6) is 0 Å². The van der Waals surface area contributed by atoms with E-state index in [1.54, 1.807) is 0 Å². The van der Waals surface area contributed by atoms with Crippen molar-refractivity contribution in [2.75, 3.05) is 0 Å². The molecule has 0 heterocycles. The Hall–Kier alpha value is -0.230. The zero-order valence-electron chi connectivity index (χ0n) is 4.61. The number of hydrogen-bond donors (Lipinski definition) is 0. The van der Waals surface area contributed by atoms with Gasteiger partial charge < -0.3 is 0 Å². The molecule has 0 fully saturated rings. The van der Waals surface area contributed by atoms with E-state index in [1.807, 2.05) is 26.0 Å². The van der Waals surface area contributed by atoms with E-state index in [1.165, 1.54) is 11.1 Å². The maximum absolute atomic E-state index is 5.25. The first-order valence-corrected chi connectivity index (χ1v) is 2.64. The molecule has 0 nitrogen and oxygen atoms in total. The van der Waals surface area contributed by atoms with Crippen LogP contribution in [0.2, 0.25) is 0 Å². The first-order chi connectivity index (χ1) is 3.31. The Morgan fingerprint density at radius 1 is 1.57 bits per heavy atom. The third kappa shape index (κ3) is 3.60. The van der Waals surface area contributed by atoms with Gasteiger partial charge in [-0.15, -0.1) is 0 Å². The lowest BCUT2D eigenvalue weighted by molar-refractivity contribution is 1.48. The van der Waals surface area contributed by atoms with Gasteiger partial charge in [-0.2, -0.15) is 0 Å². The van der Waals surface area contributed by atoms with Crippen molar-refractivity contribution in [3.05, 3.63) is 23.3 Å². The monoisotopic (exact) mass is 116 g/mol. The van der Waals surface area contributed by atoms with Gasteiger partial charge in [-0.1, -0.05) is 23.3 Å². The van der Waals surface area contributed by atoms with Crippen LogP contribution in [0.1, 0.15) is 13.8 Å². The highest BCUT2D eigenvalue weighted by Gasteiger charge is 1.70. The predicted molar refractivity (Wildman–Crippen MR) is 34.4 cm³/mol. The Labute approximate surface area is 49.5 Å². The van der Waals surface area contributed by atoms with Crippen molar-refractivity contribution in [3.63, 3.8) is 0 Å². The minimum absolute atomic E-state index is 1.19. The van der Waals surface area contributed by atoms with Crippen molar-refractivity contribution >= 4 is 11.6 Å². The van der Waals surface area contributed by atoms with E-state index in [-0.39, 0.29) is 0 Å². The van der Waals surface area contributed by atoms with Crippen LogP contribution in [0.4, 0.5) is 0 Å². The molecule has 0 rings (SSSR count). The summed E-state index contributed by atoms with van der Waals surface area (Å²) in [5.41, 5.74) is 2.70. The maximum atomic E-state index is 5.25. The van der Waals surface area contributed by atoms with Crippen LogP contribution >= 0.6 is 11.6 Å². The summed E-state index contributed by atoms with van der Waals surface area (Å²) in [7, 11) is 0. The fourth-order valence-electron chi connectivity index (χ4n) is 0.196. The van der Waals surface area contributed by atoms with Crippen LogP contribution in [0.25, 0.3) is 0 Å². The summed E-state index contributed by atoms with van der Waals surface area (Å²) in [5, 5.41) is 0. The van der Waals surface area contributed by atoms with Crippen LogP contribution in [0.15, 0.2) is 23.3 Å². The highest BCUT2D eigenvalue weighted by molar-refractivity contribution is 6.25. The van der Waals surface area contributed by atoms with Gasteiger partial charge in [0.05, 0.1) is 0 Å². The van der Waals surface area contributed by atoms with E-state index in [4.69, 9.17) is 11.6 Å². The van der Waals surface area contributed by atoms with Gasteiger partial charge in [0.2, 0.25) is 0 Å². The number of halogens is 1. The Morgan fingerprint density at radius 3 is 2.29 bits per heavy atom. The highest BCUT2D eigenvalue weighted by Crippen LogP contribution is 1.93. The topological polar surface area (TPSA) is 0 Å². The Kier molecular flexibility index (Phi) is 3.81. The predicted octanol–water partition coefficient (Wildman–Crippen LogP) is 2.71. The van der Waals surface area contributed by atoms with Crippen molar-refractivity contribution in [2.24, 2.45) is 0 Å². The van der Waals surface area contributed by atoms with Crippen molar-refractivity contribution in [2.45, 2.75) is 13.8 Å². The number of rotatable bonds is 1. The molecule has 0 N–H and O–H groups in total. The minimum atomic E-state index is 1.19. The molecule has 0 atom stereocenters. The molecule has 0 spiro atoms. The Morgan fingerprint density at radius 2 is 2.14 bits per heavy atom.